The normalized spacial score (nSPS) is 14.8. The van der Waals surface area contributed by atoms with Gasteiger partial charge in [0.2, 0.25) is 0 Å². The van der Waals surface area contributed by atoms with Crippen LogP contribution in [-0.4, -0.2) is 17.6 Å². The standard InChI is InChI=1S/C20H16N2O2S/c1-2-24-18(23)10-8-13-12-5-3-4-6-14(12)19-15(13)7-9-16-20(19)25-17(11-21)22-16/h3-7,9,13H,2,8,10H2,1H3. The van der Waals surface area contributed by atoms with Gasteiger partial charge in [0, 0.05) is 17.9 Å². The number of fused-ring (bicyclic) bond motifs is 5. The maximum atomic E-state index is 11.8. The van der Waals surface area contributed by atoms with Crippen LogP contribution < -0.4 is 0 Å². The average molecular weight is 348 g/mol. The SMILES string of the molecule is CCOC(=O)CCC1c2ccccc2-c2c1ccc1nc(C#N)sc21. The Balaban J connectivity index is 1.82. The number of thiazole rings is 1. The number of esters is 1. The topological polar surface area (TPSA) is 63.0 Å². The number of nitriles is 1. The van der Waals surface area contributed by atoms with E-state index >= 15 is 0 Å². The number of benzene rings is 2. The van der Waals surface area contributed by atoms with Crippen molar-refractivity contribution in [1.29, 1.82) is 5.26 Å². The zero-order valence-corrected chi connectivity index (χ0v) is 14.6. The van der Waals surface area contributed by atoms with Crippen LogP contribution in [0.2, 0.25) is 0 Å². The molecule has 4 nitrogen and oxygen atoms in total. The predicted octanol–water partition coefficient (Wildman–Crippen LogP) is 4.62. The summed E-state index contributed by atoms with van der Waals surface area (Å²) in [5.41, 5.74) is 5.67. The minimum atomic E-state index is -0.154. The van der Waals surface area contributed by atoms with Crippen LogP contribution in [0, 0.1) is 11.3 Å². The first-order valence-electron chi connectivity index (χ1n) is 8.31. The second-order valence-electron chi connectivity index (χ2n) is 5.99. The third kappa shape index (κ3) is 2.59. The predicted molar refractivity (Wildman–Crippen MR) is 97.5 cm³/mol. The number of nitrogens with zero attached hydrogens (tertiary/aromatic N) is 2. The third-order valence-corrected chi connectivity index (χ3v) is 5.60. The molecule has 0 fully saturated rings. The van der Waals surface area contributed by atoms with Crippen molar-refractivity contribution >= 4 is 27.5 Å². The lowest BCUT2D eigenvalue weighted by atomic mass is 9.92. The van der Waals surface area contributed by atoms with Crippen molar-refractivity contribution in [2.24, 2.45) is 0 Å². The second kappa shape index (κ2) is 6.30. The van der Waals surface area contributed by atoms with Crippen molar-refractivity contribution in [1.82, 2.24) is 4.98 Å². The lowest BCUT2D eigenvalue weighted by Gasteiger charge is -2.13. The molecule has 4 rings (SSSR count). The van der Waals surface area contributed by atoms with Crippen LogP contribution in [0.5, 0.6) is 0 Å². The van der Waals surface area contributed by atoms with Gasteiger partial charge in [0.15, 0.2) is 5.01 Å². The summed E-state index contributed by atoms with van der Waals surface area (Å²) in [5, 5.41) is 9.66. The quantitative estimate of drug-likeness (QED) is 0.645. The first-order valence-corrected chi connectivity index (χ1v) is 9.13. The van der Waals surface area contributed by atoms with Gasteiger partial charge in [-0.15, -0.1) is 11.3 Å². The van der Waals surface area contributed by atoms with Gasteiger partial charge in [-0.2, -0.15) is 5.26 Å². The average Bonchev–Trinajstić information content (AvgIpc) is 3.18. The summed E-state index contributed by atoms with van der Waals surface area (Å²) in [6.07, 6.45) is 1.12. The summed E-state index contributed by atoms with van der Waals surface area (Å²) < 4.78 is 6.14. The van der Waals surface area contributed by atoms with Crippen molar-refractivity contribution in [3.05, 3.63) is 52.5 Å². The van der Waals surface area contributed by atoms with Crippen molar-refractivity contribution in [3.63, 3.8) is 0 Å². The minimum absolute atomic E-state index is 0.154. The van der Waals surface area contributed by atoms with Crippen molar-refractivity contribution in [2.75, 3.05) is 6.61 Å². The summed E-state index contributed by atoms with van der Waals surface area (Å²) in [6, 6.07) is 14.5. The van der Waals surface area contributed by atoms with Crippen LogP contribution in [0.25, 0.3) is 21.3 Å². The van der Waals surface area contributed by atoms with E-state index in [1.165, 1.54) is 33.6 Å². The Kier molecular flexibility index (Phi) is 3.98. The summed E-state index contributed by atoms with van der Waals surface area (Å²) in [4.78, 5) is 16.2. The molecule has 0 saturated carbocycles. The summed E-state index contributed by atoms with van der Waals surface area (Å²) in [5.74, 6) is 0.0201. The maximum absolute atomic E-state index is 11.8. The molecule has 1 aromatic heterocycles. The number of hydrogen-bond acceptors (Lipinski definition) is 5. The molecule has 1 unspecified atom stereocenters. The molecule has 25 heavy (non-hydrogen) atoms. The highest BCUT2D eigenvalue weighted by molar-refractivity contribution is 7.19. The van der Waals surface area contributed by atoms with Crippen molar-refractivity contribution < 1.29 is 9.53 Å². The van der Waals surface area contributed by atoms with Gasteiger partial charge in [0.25, 0.3) is 0 Å². The maximum Gasteiger partial charge on any atom is 0.305 e. The molecule has 1 aliphatic rings. The fourth-order valence-electron chi connectivity index (χ4n) is 3.63. The number of carbonyl (C=O) groups excluding carboxylic acids is 1. The van der Waals surface area contributed by atoms with E-state index in [0.29, 0.717) is 18.0 Å². The molecule has 0 saturated heterocycles. The van der Waals surface area contributed by atoms with Gasteiger partial charge >= 0.3 is 5.97 Å². The molecule has 0 amide bonds. The van der Waals surface area contributed by atoms with Crippen LogP contribution in [-0.2, 0) is 9.53 Å². The smallest absolute Gasteiger partial charge is 0.305 e. The fraction of sp³-hybridized carbons (Fsp3) is 0.250. The van der Waals surface area contributed by atoms with Crippen LogP contribution >= 0.6 is 11.3 Å². The highest BCUT2D eigenvalue weighted by Gasteiger charge is 2.31. The lowest BCUT2D eigenvalue weighted by molar-refractivity contribution is -0.143. The molecule has 0 N–H and O–H groups in total. The van der Waals surface area contributed by atoms with Gasteiger partial charge in [0.1, 0.15) is 6.07 Å². The Morgan fingerprint density at radius 2 is 2.12 bits per heavy atom. The molecular formula is C20H16N2O2S. The zero-order chi connectivity index (χ0) is 17.4. The highest BCUT2D eigenvalue weighted by atomic mass is 32.1. The number of rotatable bonds is 4. The summed E-state index contributed by atoms with van der Waals surface area (Å²) >= 11 is 1.44. The van der Waals surface area contributed by atoms with Gasteiger partial charge < -0.3 is 4.74 Å². The molecule has 3 aromatic rings. The zero-order valence-electron chi connectivity index (χ0n) is 13.8. The molecule has 0 bridgehead atoms. The monoisotopic (exact) mass is 348 g/mol. The first kappa shape index (κ1) is 15.8. The molecule has 1 aliphatic carbocycles. The molecule has 1 atom stereocenters. The fourth-order valence-corrected chi connectivity index (χ4v) is 4.56. The van der Waals surface area contributed by atoms with E-state index in [4.69, 9.17) is 4.74 Å². The van der Waals surface area contributed by atoms with E-state index in [2.05, 4.69) is 29.3 Å². The van der Waals surface area contributed by atoms with Crippen molar-refractivity contribution in [3.8, 4) is 17.2 Å². The van der Waals surface area contributed by atoms with Gasteiger partial charge in [-0.3, -0.25) is 4.79 Å². The molecule has 0 aliphatic heterocycles. The Hall–Kier alpha value is -2.71. The molecular weight excluding hydrogens is 332 g/mol. The first-order chi connectivity index (χ1) is 12.2. The number of aromatic nitrogens is 1. The Morgan fingerprint density at radius 3 is 2.92 bits per heavy atom. The number of carbonyl (C=O) groups is 1. The molecule has 2 aromatic carbocycles. The summed E-state index contributed by atoms with van der Waals surface area (Å²) in [6.45, 7) is 2.24. The minimum Gasteiger partial charge on any atom is -0.466 e. The van der Waals surface area contributed by atoms with E-state index in [1.807, 2.05) is 25.1 Å². The summed E-state index contributed by atoms with van der Waals surface area (Å²) in [7, 11) is 0. The molecule has 124 valence electrons. The van der Waals surface area contributed by atoms with Crippen LogP contribution in [0.1, 0.15) is 41.8 Å². The molecule has 0 radical (unpaired) electrons. The Labute approximate surface area is 149 Å². The lowest BCUT2D eigenvalue weighted by Crippen LogP contribution is -2.06. The van der Waals surface area contributed by atoms with Crippen LogP contribution in [0.15, 0.2) is 36.4 Å². The van der Waals surface area contributed by atoms with Crippen molar-refractivity contribution in [2.45, 2.75) is 25.7 Å². The van der Waals surface area contributed by atoms with E-state index < -0.39 is 0 Å². The molecule has 5 heteroatoms. The highest BCUT2D eigenvalue weighted by Crippen LogP contribution is 2.50. The van der Waals surface area contributed by atoms with E-state index in [1.54, 1.807) is 0 Å². The number of hydrogen-bond donors (Lipinski definition) is 0. The molecule has 1 heterocycles. The van der Waals surface area contributed by atoms with E-state index in [-0.39, 0.29) is 11.9 Å². The van der Waals surface area contributed by atoms with Gasteiger partial charge in [-0.25, -0.2) is 4.98 Å². The number of ether oxygens (including phenoxy) is 1. The van der Waals surface area contributed by atoms with Gasteiger partial charge in [-0.05, 0) is 36.1 Å². The van der Waals surface area contributed by atoms with Gasteiger partial charge in [0.05, 0.1) is 16.8 Å². The van der Waals surface area contributed by atoms with Crippen LogP contribution in [0.4, 0.5) is 0 Å². The largest absolute Gasteiger partial charge is 0.466 e. The molecule has 0 spiro atoms. The van der Waals surface area contributed by atoms with Crippen LogP contribution in [0.3, 0.4) is 0 Å². The Morgan fingerprint density at radius 1 is 1.28 bits per heavy atom. The van der Waals surface area contributed by atoms with E-state index in [0.717, 1.165) is 16.6 Å². The van der Waals surface area contributed by atoms with Gasteiger partial charge in [-0.1, -0.05) is 30.3 Å². The van der Waals surface area contributed by atoms with E-state index in [9.17, 15) is 10.1 Å². The third-order valence-electron chi connectivity index (χ3n) is 4.61. The Bertz CT molecular complexity index is 1020. The second-order valence-corrected chi connectivity index (χ2v) is 6.99.